The predicted molar refractivity (Wildman–Crippen MR) is 78.3 cm³/mol. The summed E-state index contributed by atoms with van der Waals surface area (Å²) in [6.45, 7) is 0. The first-order chi connectivity index (χ1) is 9.06. The van der Waals surface area contributed by atoms with Crippen molar-refractivity contribution in [2.75, 3.05) is 5.32 Å². The fourth-order valence-electron chi connectivity index (χ4n) is 1.39. The van der Waals surface area contributed by atoms with Gasteiger partial charge in [-0.05, 0) is 40.2 Å². The predicted octanol–water partition coefficient (Wildman–Crippen LogP) is 5.08. The Morgan fingerprint density at radius 3 is 2.63 bits per heavy atom. The summed E-state index contributed by atoms with van der Waals surface area (Å²) in [7, 11) is 0. The van der Waals surface area contributed by atoms with E-state index in [1.165, 1.54) is 11.3 Å². The molecule has 1 amide bonds. The first-order valence-corrected chi connectivity index (χ1v) is 7.65. The highest BCUT2D eigenvalue weighted by Crippen LogP contribution is 2.32. The minimum Gasteiger partial charge on any atom is -0.320 e. The lowest BCUT2D eigenvalue weighted by atomic mass is 10.3. The normalized spacial score (nSPS) is 10.7. The molecule has 2 rings (SSSR count). The maximum Gasteiger partial charge on any atom is 0.288 e. The molecule has 0 bridgehead atoms. The summed E-state index contributed by atoms with van der Waals surface area (Å²) in [5.74, 6) is -2.83. The van der Waals surface area contributed by atoms with Crippen LogP contribution in [0, 0.1) is 0 Å². The molecule has 19 heavy (non-hydrogen) atoms. The molecule has 7 heteroatoms. The number of benzene rings is 1. The third-order valence-electron chi connectivity index (χ3n) is 2.15. The van der Waals surface area contributed by atoms with Crippen LogP contribution in [0.25, 0.3) is 0 Å². The van der Waals surface area contributed by atoms with Crippen molar-refractivity contribution in [2.45, 2.75) is 10.7 Å². The van der Waals surface area contributed by atoms with Gasteiger partial charge in [0.25, 0.3) is 11.7 Å². The number of hydrogen-bond donors (Lipinski definition) is 1. The van der Waals surface area contributed by atoms with Gasteiger partial charge in [0.05, 0.1) is 14.4 Å². The van der Waals surface area contributed by atoms with Gasteiger partial charge in [0.1, 0.15) is 0 Å². The summed E-state index contributed by atoms with van der Waals surface area (Å²) >= 11 is 4.97. The van der Waals surface area contributed by atoms with Crippen molar-refractivity contribution < 1.29 is 13.6 Å². The molecule has 0 unspecified atom stereocenters. The average molecular weight is 364 g/mol. The van der Waals surface area contributed by atoms with E-state index in [-0.39, 0.29) is 5.91 Å². The highest BCUT2D eigenvalue weighted by molar-refractivity contribution is 9.11. The molecule has 1 N–H and O–H groups in total. The lowest BCUT2D eigenvalue weighted by Gasteiger charge is -2.09. The molecular weight excluding hydrogens is 356 g/mol. The Balaban J connectivity index is 2.16. The maximum atomic E-state index is 12.4. The van der Waals surface area contributed by atoms with Crippen LogP contribution in [0.4, 0.5) is 14.5 Å². The number of halogens is 3. The summed E-state index contributed by atoms with van der Waals surface area (Å²) in [6.07, 6.45) is 0. The van der Waals surface area contributed by atoms with E-state index in [1.54, 1.807) is 36.4 Å². The van der Waals surface area contributed by atoms with E-state index in [0.29, 0.717) is 27.2 Å². The lowest BCUT2D eigenvalue weighted by Crippen LogP contribution is -2.10. The molecule has 1 aromatic carbocycles. The molecule has 0 atom stereocenters. The zero-order valence-corrected chi connectivity index (χ0v) is 12.6. The van der Waals surface area contributed by atoms with Crippen LogP contribution < -0.4 is 5.32 Å². The highest BCUT2D eigenvalue weighted by Gasteiger charge is 2.13. The van der Waals surface area contributed by atoms with Crippen LogP contribution in [0.15, 0.2) is 45.1 Å². The Labute approximate surface area is 125 Å². The third kappa shape index (κ3) is 4.02. The van der Waals surface area contributed by atoms with Crippen molar-refractivity contribution in [1.82, 2.24) is 0 Å². The van der Waals surface area contributed by atoms with Gasteiger partial charge in [0.15, 0.2) is 0 Å². The molecule has 0 saturated heterocycles. The van der Waals surface area contributed by atoms with Gasteiger partial charge in [0.2, 0.25) is 0 Å². The number of carbonyl (C=O) groups is 1. The Morgan fingerprint density at radius 1 is 1.26 bits per heavy atom. The van der Waals surface area contributed by atoms with Gasteiger partial charge in [-0.1, -0.05) is 23.9 Å². The molecule has 2 aromatic rings. The first-order valence-electron chi connectivity index (χ1n) is 5.17. The zero-order valence-electron chi connectivity index (χ0n) is 9.40. The van der Waals surface area contributed by atoms with E-state index in [9.17, 15) is 13.6 Å². The van der Waals surface area contributed by atoms with E-state index >= 15 is 0 Å². The fourth-order valence-corrected chi connectivity index (χ4v) is 3.27. The molecule has 0 aliphatic heterocycles. The summed E-state index contributed by atoms with van der Waals surface area (Å²) in [6, 6.07) is 9.94. The standard InChI is InChI=1S/C12H8BrF2NOS2/c13-10-6-5-9(18-10)11(17)16-7-3-1-2-4-8(7)19-12(14)15/h1-6,12H,(H,16,17). The van der Waals surface area contributed by atoms with E-state index in [2.05, 4.69) is 21.2 Å². The maximum absolute atomic E-state index is 12.4. The number of carbonyl (C=O) groups excluding carboxylic acids is 1. The summed E-state index contributed by atoms with van der Waals surface area (Å²) < 4.78 is 25.7. The Hall–Kier alpha value is -0.920. The van der Waals surface area contributed by atoms with E-state index < -0.39 is 5.76 Å². The Kier molecular flexibility index (Phi) is 4.95. The second-order valence-electron chi connectivity index (χ2n) is 3.43. The molecule has 1 aromatic heterocycles. The van der Waals surface area contributed by atoms with Crippen LogP contribution in [0.2, 0.25) is 0 Å². The number of thioether (sulfide) groups is 1. The second-order valence-corrected chi connectivity index (χ2v) is 6.93. The van der Waals surface area contributed by atoms with Crippen LogP contribution in [0.3, 0.4) is 0 Å². The number of thiophene rings is 1. The molecule has 0 fully saturated rings. The van der Waals surface area contributed by atoms with E-state index in [4.69, 9.17) is 0 Å². The van der Waals surface area contributed by atoms with Gasteiger partial charge in [-0.3, -0.25) is 4.79 Å². The van der Waals surface area contributed by atoms with Crippen molar-refractivity contribution in [1.29, 1.82) is 0 Å². The second kappa shape index (κ2) is 6.49. The van der Waals surface area contributed by atoms with Gasteiger partial charge in [-0.25, -0.2) is 0 Å². The molecule has 0 aliphatic carbocycles. The molecule has 0 aliphatic rings. The average Bonchev–Trinajstić information content (AvgIpc) is 2.78. The minimum atomic E-state index is -2.52. The van der Waals surface area contributed by atoms with Gasteiger partial charge in [-0.15, -0.1) is 11.3 Å². The minimum absolute atomic E-state index is 0.307. The van der Waals surface area contributed by atoms with Gasteiger partial charge in [0, 0.05) is 4.90 Å². The van der Waals surface area contributed by atoms with Crippen molar-refractivity contribution in [3.05, 3.63) is 45.1 Å². The number of rotatable bonds is 4. The first kappa shape index (κ1) is 14.5. The SMILES string of the molecule is O=C(Nc1ccccc1SC(F)F)c1ccc(Br)s1. The van der Waals surface area contributed by atoms with Crippen LogP contribution in [-0.4, -0.2) is 11.7 Å². The van der Waals surface area contributed by atoms with Crippen LogP contribution in [0.1, 0.15) is 9.67 Å². The molecule has 2 nitrogen and oxygen atoms in total. The highest BCUT2D eigenvalue weighted by atomic mass is 79.9. The monoisotopic (exact) mass is 363 g/mol. The molecule has 1 heterocycles. The summed E-state index contributed by atoms with van der Waals surface area (Å²) in [5.41, 5.74) is 0.391. The van der Waals surface area contributed by atoms with E-state index in [0.717, 1.165) is 3.79 Å². The van der Waals surface area contributed by atoms with Gasteiger partial charge >= 0.3 is 0 Å². The quantitative estimate of drug-likeness (QED) is 0.767. The van der Waals surface area contributed by atoms with Crippen molar-refractivity contribution in [3.8, 4) is 0 Å². The number of para-hydroxylation sites is 1. The molecule has 0 saturated carbocycles. The van der Waals surface area contributed by atoms with Crippen molar-refractivity contribution in [2.24, 2.45) is 0 Å². The smallest absolute Gasteiger partial charge is 0.288 e. The number of anilines is 1. The fraction of sp³-hybridized carbons (Fsp3) is 0.0833. The summed E-state index contributed by atoms with van der Waals surface area (Å²) in [4.78, 5) is 12.8. The van der Waals surface area contributed by atoms with Crippen LogP contribution in [0.5, 0.6) is 0 Å². The molecular formula is C12H8BrF2NOS2. The number of nitrogens with one attached hydrogen (secondary N) is 1. The van der Waals surface area contributed by atoms with Gasteiger partial charge in [-0.2, -0.15) is 8.78 Å². The Bertz CT molecular complexity index is 589. The van der Waals surface area contributed by atoms with Crippen molar-refractivity contribution >= 4 is 50.6 Å². The third-order valence-corrected chi connectivity index (χ3v) is 4.56. The number of alkyl halides is 2. The lowest BCUT2D eigenvalue weighted by molar-refractivity contribution is 0.103. The molecule has 0 radical (unpaired) electrons. The molecule has 100 valence electrons. The largest absolute Gasteiger partial charge is 0.320 e. The zero-order chi connectivity index (χ0) is 13.8. The number of hydrogen-bond acceptors (Lipinski definition) is 3. The topological polar surface area (TPSA) is 29.1 Å². The molecule has 0 spiro atoms. The van der Waals surface area contributed by atoms with Gasteiger partial charge < -0.3 is 5.32 Å². The number of amides is 1. The van der Waals surface area contributed by atoms with Crippen LogP contribution in [-0.2, 0) is 0 Å². The van der Waals surface area contributed by atoms with E-state index in [1.807, 2.05) is 0 Å². The Morgan fingerprint density at radius 2 is 2.00 bits per heavy atom. The summed E-state index contributed by atoms with van der Waals surface area (Å²) in [5, 5.41) is 2.64. The van der Waals surface area contributed by atoms with Crippen LogP contribution >= 0.6 is 39.0 Å². The van der Waals surface area contributed by atoms with Crippen molar-refractivity contribution in [3.63, 3.8) is 0 Å².